The van der Waals surface area contributed by atoms with E-state index in [-0.39, 0.29) is 11.6 Å². The molecule has 0 spiro atoms. The molecule has 1 saturated carbocycles. The molecule has 2 heterocycles. The molecule has 0 amide bonds. The van der Waals surface area contributed by atoms with E-state index >= 15 is 0 Å². The van der Waals surface area contributed by atoms with E-state index in [4.69, 9.17) is 9.84 Å². The molecular formula is C22H27N3O2. The molecule has 142 valence electrons. The molecular weight excluding hydrogens is 338 g/mol. The highest BCUT2D eigenvalue weighted by atomic mass is 16.5. The van der Waals surface area contributed by atoms with Crippen molar-refractivity contribution in [3.63, 3.8) is 0 Å². The van der Waals surface area contributed by atoms with Crippen molar-refractivity contribution in [2.24, 2.45) is 0 Å². The Labute approximate surface area is 159 Å². The van der Waals surface area contributed by atoms with Gasteiger partial charge in [0.15, 0.2) is 5.82 Å². The molecule has 0 N–H and O–H groups in total. The number of methoxy groups -OCH3 is 1. The Hall–Kier alpha value is -2.56. The van der Waals surface area contributed by atoms with Gasteiger partial charge in [-0.2, -0.15) is 0 Å². The van der Waals surface area contributed by atoms with Crippen LogP contribution in [0.4, 0.5) is 0 Å². The maximum Gasteiger partial charge on any atom is 0.278 e. The van der Waals surface area contributed by atoms with Crippen molar-refractivity contribution in [3.05, 3.63) is 51.4 Å². The first-order chi connectivity index (χ1) is 13.0. The van der Waals surface area contributed by atoms with Crippen molar-refractivity contribution in [1.29, 1.82) is 0 Å². The molecule has 1 fully saturated rings. The zero-order valence-corrected chi connectivity index (χ0v) is 16.7. The van der Waals surface area contributed by atoms with E-state index in [1.54, 1.807) is 7.11 Å². The number of benzene rings is 1. The summed E-state index contributed by atoms with van der Waals surface area (Å²) in [7, 11) is 1.67. The number of hydrogen-bond acceptors (Lipinski definition) is 3. The molecule has 1 atom stereocenters. The lowest BCUT2D eigenvalue weighted by atomic mass is 10.00. The average molecular weight is 365 g/mol. The zero-order valence-electron chi connectivity index (χ0n) is 16.7. The monoisotopic (exact) mass is 365 g/mol. The number of rotatable bonds is 5. The first-order valence-electron chi connectivity index (χ1n) is 9.76. The first kappa shape index (κ1) is 17.8. The Balaban J connectivity index is 2.03. The summed E-state index contributed by atoms with van der Waals surface area (Å²) in [5, 5.41) is 4.96. The molecule has 5 nitrogen and oxygen atoms in total. The van der Waals surface area contributed by atoms with Gasteiger partial charge in [-0.25, -0.2) is 4.52 Å². The fraction of sp³-hybridized carbons (Fsp3) is 0.455. The van der Waals surface area contributed by atoms with E-state index in [0.29, 0.717) is 5.92 Å². The zero-order chi connectivity index (χ0) is 19.3. The Kier molecular flexibility index (Phi) is 4.33. The van der Waals surface area contributed by atoms with Gasteiger partial charge in [0.1, 0.15) is 11.3 Å². The number of fused-ring (bicyclic) bond motifs is 1. The number of nitrogens with zero attached hydrogens (tertiary/aromatic N) is 3. The second-order valence-electron chi connectivity index (χ2n) is 7.72. The highest BCUT2D eigenvalue weighted by Crippen LogP contribution is 2.38. The molecule has 2 aromatic heterocycles. The lowest BCUT2D eigenvalue weighted by Gasteiger charge is -2.16. The Morgan fingerprint density at radius 3 is 2.59 bits per heavy atom. The summed E-state index contributed by atoms with van der Waals surface area (Å²) in [6.45, 7) is 8.40. The molecule has 1 aliphatic carbocycles. The predicted molar refractivity (Wildman–Crippen MR) is 108 cm³/mol. The van der Waals surface area contributed by atoms with Crippen LogP contribution in [0.5, 0.6) is 5.75 Å². The molecule has 1 aromatic carbocycles. The van der Waals surface area contributed by atoms with Gasteiger partial charge in [0.05, 0.1) is 7.11 Å². The lowest BCUT2D eigenvalue weighted by Crippen LogP contribution is -2.26. The molecule has 0 saturated heterocycles. The number of ether oxygens (including phenoxy) is 1. The van der Waals surface area contributed by atoms with Crippen LogP contribution in [0.3, 0.4) is 0 Å². The van der Waals surface area contributed by atoms with Gasteiger partial charge in [-0.1, -0.05) is 13.8 Å². The van der Waals surface area contributed by atoms with Crippen LogP contribution in [0.2, 0.25) is 0 Å². The third-order valence-corrected chi connectivity index (χ3v) is 5.76. The molecule has 4 rings (SSSR count). The Morgan fingerprint density at radius 2 is 2.00 bits per heavy atom. The van der Waals surface area contributed by atoms with Crippen LogP contribution in [0.25, 0.3) is 16.9 Å². The third-order valence-electron chi connectivity index (χ3n) is 5.76. The van der Waals surface area contributed by atoms with E-state index in [1.807, 2.05) is 41.1 Å². The molecule has 3 aromatic rings. The second-order valence-corrected chi connectivity index (χ2v) is 7.72. The van der Waals surface area contributed by atoms with Crippen LogP contribution in [0.1, 0.15) is 61.9 Å². The van der Waals surface area contributed by atoms with E-state index in [9.17, 15) is 4.79 Å². The largest absolute Gasteiger partial charge is 0.497 e. The summed E-state index contributed by atoms with van der Waals surface area (Å²) in [6.07, 6.45) is 3.08. The minimum absolute atomic E-state index is 0.0844. The SMILES string of the molecule is CCC(C)c1cc(C)n2nc(-c3ccc(OC)cc3C)n(C3CC3)c(=O)c12. The minimum atomic E-state index is 0.0844. The average Bonchev–Trinajstić information content (AvgIpc) is 3.44. The summed E-state index contributed by atoms with van der Waals surface area (Å²) < 4.78 is 9.11. The molecule has 1 aliphatic rings. The van der Waals surface area contributed by atoms with Gasteiger partial charge in [-0.3, -0.25) is 9.36 Å². The summed E-state index contributed by atoms with van der Waals surface area (Å²) in [5.41, 5.74) is 4.99. The van der Waals surface area contributed by atoms with E-state index in [0.717, 1.165) is 58.7 Å². The van der Waals surface area contributed by atoms with Crippen molar-refractivity contribution in [1.82, 2.24) is 14.2 Å². The highest BCUT2D eigenvalue weighted by molar-refractivity contribution is 5.65. The maximum atomic E-state index is 13.6. The fourth-order valence-electron chi connectivity index (χ4n) is 3.81. The Morgan fingerprint density at radius 1 is 1.26 bits per heavy atom. The summed E-state index contributed by atoms with van der Waals surface area (Å²) in [4.78, 5) is 13.6. The van der Waals surface area contributed by atoms with Crippen LogP contribution in [0, 0.1) is 13.8 Å². The van der Waals surface area contributed by atoms with E-state index in [2.05, 4.69) is 19.9 Å². The van der Waals surface area contributed by atoms with Gasteiger partial charge >= 0.3 is 0 Å². The molecule has 5 heteroatoms. The van der Waals surface area contributed by atoms with Gasteiger partial charge in [0.2, 0.25) is 0 Å². The smallest absolute Gasteiger partial charge is 0.278 e. The van der Waals surface area contributed by atoms with E-state index < -0.39 is 0 Å². The van der Waals surface area contributed by atoms with Gasteiger partial charge in [0, 0.05) is 17.3 Å². The third kappa shape index (κ3) is 2.85. The predicted octanol–water partition coefficient (Wildman–Crippen LogP) is 4.64. The van der Waals surface area contributed by atoms with Crippen molar-refractivity contribution >= 4 is 5.52 Å². The fourth-order valence-corrected chi connectivity index (χ4v) is 3.81. The minimum Gasteiger partial charge on any atom is -0.497 e. The van der Waals surface area contributed by atoms with Crippen molar-refractivity contribution < 1.29 is 4.74 Å². The number of aromatic nitrogens is 3. The normalized spacial score (nSPS) is 15.3. The summed E-state index contributed by atoms with van der Waals surface area (Å²) in [6, 6.07) is 8.32. The van der Waals surface area contributed by atoms with Gasteiger partial charge in [0.25, 0.3) is 5.56 Å². The van der Waals surface area contributed by atoms with E-state index in [1.165, 1.54) is 0 Å². The second kappa shape index (κ2) is 6.55. The number of hydrogen-bond donors (Lipinski definition) is 0. The van der Waals surface area contributed by atoms with Crippen molar-refractivity contribution in [2.45, 2.75) is 58.9 Å². The molecule has 0 radical (unpaired) electrons. The first-order valence-corrected chi connectivity index (χ1v) is 9.76. The molecule has 27 heavy (non-hydrogen) atoms. The van der Waals surface area contributed by atoms with Crippen LogP contribution in [0.15, 0.2) is 29.1 Å². The van der Waals surface area contributed by atoms with Crippen LogP contribution in [-0.2, 0) is 0 Å². The molecule has 1 unspecified atom stereocenters. The lowest BCUT2D eigenvalue weighted by molar-refractivity contribution is 0.414. The topological polar surface area (TPSA) is 48.5 Å². The Bertz CT molecular complexity index is 1070. The van der Waals surface area contributed by atoms with Crippen molar-refractivity contribution in [3.8, 4) is 17.1 Å². The van der Waals surface area contributed by atoms with Gasteiger partial charge < -0.3 is 4.74 Å². The standard InChI is InChI=1S/C22H27N3O2/c1-6-13(2)19-12-15(4)25-20(19)22(26)24(16-7-8-16)21(23-25)18-10-9-17(27-5)11-14(18)3/h9-13,16H,6-8H2,1-5H3. The quantitative estimate of drug-likeness (QED) is 0.662. The van der Waals surface area contributed by atoms with Gasteiger partial charge in [-0.05, 0) is 74.4 Å². The van der Waals surface area contributed by atoms with Crippen LogP contribution in [-0.4, -0.2) is 21.3 Å². The molecule has 0 bridgehead atoms. The highest BCUT2D eigenvalue weighted by Gasteiger charge is 2.31. The summed E-state index contributed by atoms with van der Waals surface area (Å²) >= 11 is 0. The van der Waals surface area contributed by atoms with Crippen LogP contribution >= 0.6 is 0 Å². The van der Waals surface area contributed by atoms with Gasteiger partial charge in [-0.15, -0.1) is 5.10 Å². The van der Waals surface area contributed by atoms with Crippen molar-refractivity contribution in [2.75, 3.05) is 7.11 Å². The number of aryl methyl sites for hydroxylation is 2. The van der Waals surface area contributed by atoms with Crippen LogP contribution < -0.4 is 10.3 Å². The summed E-state index contributed by atoms with van der Waals surface area (Å²) in [5.74, 6) is 1.91. The maximum absolute atomic E-state index is 13.6. The molecule has 0 aliphatic heterocycles.